The molecule has 0 aromatic carbocycles. The summed E-state index contributed by atoms with van der Waals surface area (Å²) in [6.45, 7) is 6.87. The molecule has 10 nitrogen and oxygen atoms in total. The number of urea groups is 1. The summed E-state index contributed by atoms with van der Waals surface area (Å²) in [5, 5.41) is 9.97. The monoisotopic (exact) mass is 358 g/mol. The Bertz CT molecular complexity index is 810. The molecule has 2 N–H and O–H groups in total. The Kier molecular flexibility index (Phi) is 5.42. The number of fused-ring (bicyclic) bond motifs is 1. The topological polar surface area (TPSA) is 108 Å². The van der Waals surface area contributed by atoms with Gasteiger partial charge >= 0.3 is 6.03 Å². The van der Waals surface area contributed by atoms with E-state index in [2.05, 4.69) is 37.2 Å². The van der Waals surface area contributed by atoms with Crippen molar-refractivity contribution in [2.75, 3.05) is 44.2 Å². The van der Waals surface area contributed by atoms with E-state index in [1.165, 1.54) is 0 Å². The highest BCUT2D eigenvalue weighted by atomic mass is 16.2. The molecule has 3 heterocycles. The molecule has 3 rings (SSSR count). The number of rotatable bonds is 5. The molecule has 1 aliphatic heterocycles. The summed E-state index contributed by atoms with van der Waals surface area (Å²) in [5.74, 6) is 0.535. The molecule has 1 aliphatic rings. The number of nitrogens with zero attached hydrogens (tertiary/aromatic N) is 6. The average molecular weight is 358 g/mol. The second kappa shape index (κ2) is 7.91. The Morgan fingerprint density at radius 2 is 2.04 bits per heavy atom. The van der Waals surface area contributed by atoms with Crippen LogP contribution in [0.2, 0.25) is 0 Å². The maximum atomic E-state index is 11.9. The van der Waals surface area contributed by atoms with Crippen molar-refractivity contribution in [3.8, 4) is 0 Å². The zero-order chi connectivity index (χ0) is 18.5. The molecule has 0 unspecified atom stereocenters. The number of nitrogens with one attached hydrogen (secondary N) is 2. The molecule has 2 aromatic heterocycles. The highest BCUT2D eigenvalue weighted by Gasteiger charge is 2.22. The number of aromatic nitrogens is 4. The third kappa shape index (κ3) is 3.97. The predicted octanol–water partition coefficient (Wildman–Crippen LogP) is -0.503. The van der Waals surface area contributed by atoms with Crippen LogP contribution in [-0.2, 0) is 11.8 Å². The van der Waals surface area contributed by atoms with Gasteiger partial charge in [0.25, 0.3) is 0 Å². The largest absolute Gasteiger partial charge is 0.353 e. The number of aryl methyl sites for hydroxylation is 1. The minimum absolute atomic E-state index is 0.182. The zero-order valence-corrected chi connectivity index (χ0v) is 14.7. The van der Waals surface area contributed by atoms with Crippen molar-refractivity contribution in [2.24, 2.45) is 7.05 Å². The molecule has 0 spiro atoms. The summed E-state index contributed by atoms with van der Waals surface area (Å²) < 4.78 is 1.72. The Labute approximate surface area is 150 Å². The number of carbonyl (C=O) groups excluding carboxylic acids is 2. The zero-order valence-electron chi connectivity index (χ0n) is 14.7. The number of hydrogen-bond acceptors (Lipinski definition) is 7. The lowest BCUT2D eigenvalue weighted by atomic mass is 10.2. The Morgan fingerprint density at radius 1 is 1.27 bits per heavy atom. The van der Waals surface area contributed by atoms with Crippen LogP contribution >= 0.6 is 0 Å². The SMILES string of the molecule is C=CCNC(=O)NC(=O)CN1CCN(c2ncnc3c2cnn3C)CC1. The first kappa shape index (κ1) is 17.8. The molecular formula is C16H22N8O2. The lowest BCUT2D eigenvalue weighted by molar-refractivity contribution is -0.121. The molecule has 138 valence electrons. The van der Waals surface area contributed by atoms with Gasteiger partial charge in [-0.05, 0) is 0 Å². The standard InChI is InChI=1S/C16H22N8O2/c1-3-4-17-16(26)21-13(25)10-23-5-7-24(8-6-23)15-12-9-20-22(2)14(12)18-11-19-15/h3,9,11H,1,4-8,10H2,2H3,(H2,17,21,25,26). The molecule has 0 saturated carbocycles. The maximum Gasteiger partial charge on any atom is 0.321 e. The summed E-state index contributed by atoms with van der Waals surface area (Å²) in [6.07, 6.45) is 4.86. The van der Waals surface area contributed by atoms with Gasteiger partial charge in [-0.1, -0.05) is 6.08 Å². The summed E-state index contributed by atoms with van der Waals surface area (Å²) in [6, 6.07) is -0.506. The molecule has 26 heavy (non-hydrogen) atoms. The summed E-state index contributed by atoms with van der Waals surface area (Å²) in [4.78, 5) is 36.2. The van der Waals surface area contributed by atoms with Gasteiger partial charge in [-0.2, -0.15) is 5.10 Å². The molecule has 1 fully saturated rings. The van der Waals surface area contributed by atoms with E-state index in [1.807, 2.05) is 11.9 Å². The lowest BCUT2D eigenvalue weighted by Crippen LogP contribution is -2.51. The van der Waals surface area contributed by atoms with Gasteiger partial charge in [0.2, 0.25) is 5.91 Å². The molecule has 0 atom stereocenters. The second-order valence-electron chi connectivity index (χ2n) is 6.01. The molecule has 1 saturated heterocycles. The van der Waals surface area contributed by atoms with Crippen LogP contribution in [0, 0.1) is 0 Å². The van der Waals surface area contributed by atoms with Gasteiger partial charge in [-0.25, -0.2) is 14.8 Å². The number of anilines is 1. The van der Waals surface area contributed by atoms with Gasteiger partial charge in [0.1, 0.15) is 12.1 Å². The fraction of sp³-hybridized carbons (Fsp3) is 0.438. The first-order chi connectivity index (χ1) is 12.6. The molecular weight excluding hydrogens is 336 g/mol. The van der Waals surface area contributed by atoms with Gasteiger partial charge in [0.15, 0.2) is 5.65 Å². The molecule has 10 heteroatoms. The van der Waals surface area contributed by atoms with Gasteiger partial charge < -0.3 is 10.2 Å². The van der Waals surface area contributed by atoms with Crippen LogP contribution in [0.3, 0.4) is 0 Å². The third-order valence-corrected chi connectivity index (χ3v) is 4.21. The van der Waals surface area contributed by atoms with Gasteiger partial charge in [-0.3, -0.25) is 19.7 Å². The van der Waals surface area contributed by atoms with E-state index in [0.29, 0.717) is 19.6 Å². The number of imide groups is 1. The van der Waals surface area contributed by atoms with Crippen molar-refractivity contribution in [1.29, 1.82) is 0 Å². The van der Waals surface area contributed by atoms with E-state index in [9.17, 15) is 9.59 Å². The number of hydrogen-bond donors (Lipinski definition) is 2. The van der Waals surface area contributed by atoms with Gasteiger partial charge in [0.05, 0.1) is 18.1 Å². The van der Waals surface area contributed by atoms with E-state index in [1.54, 1.807) is 23.3 Å². The van der Waals surface area contributed by atoms with Crippen LogP contribution in [0.4, 0.5) is 10.6 Å². The predicted molar refractivity (Wildman–Crippen MR) is 96.7 cm³/mol. The van der Waals surface area contributed by atoms with Crippen LogP contribution in [0.25, 0.3) is 11.0 Å². The molecule has 2 aromatic rings. The van der Waals surface area contributed by atoms with Crippen LogP contribution in [-0.4, -0.2) is 75.9 Å². The van der Waals surface area contributed by atoms with E-state index in [-0.39, 0.29) is 12.5 Å². The smallest absolute Gasteiger partial charge is 0.321 e. The van der Waals surface area contributed by atoms with Crippen molar-refractivity contribution < 1.29 is 9.59 Å². The van der Waals surface area contributed by atoms with Crippen molar-refractivity contribution in [3.05, 3.63) is 25.2 Å². The summed E-state index contributed by atoms with van der Waals surface area (Å²) >= 11 is 0. The molecule has 0 aliphatic carbocycles. The number of carbonyl (C=O) groups is 2. The normalized spacial score (nSPS) is 15.0. The minimum Gasteiger partial charge on any atom is -0.353 e. The van der Waals surface area contributed by atoms with E-state index in [0.717, 1.165) is 29.9 Å². The van der Waals surface area contributed by atoms with Crippen molar-refractivity contribution in [1.82, 2.24) is 35.3 Å². The lowest BCUT2D eigenvalue weighted by Gasteiger charge is -2.35. The van der Waals surface area contributed by atoms with Crippen molar-refractivity contribution in [2.45, 2.75) is 0 Å². The Hall–Kier alpha value is -3.01. The van der Waals surface area contributed by atoms with Crippen molar-refractivity contribution >= 4 is 28.8 Å². The van der Waals surface area contributed by atoms with Crippen LogP contribution in [0.15, 0.2) is 25.2 Å². The second-order valence-corrected chi connectivity index (χ2v) is 6.01. The summed E-state index contributed by atoms with van der Waals surface area (Å²) in [7, 11) is 1.85. The van der Waals surface area contributed by atoms with Crippen LogP contribution in [0.5, 0.6) is 0 Å². The number of piperazine rings is 1. The average Bonchev–Trinajstić information content (AvgIpc) is 3.02. The fourth-order valence-electron chi connectivity index (χ4n) is 2.90. The Balaban J connectivity index is 1.53. The quantitative estimate of drug-likeness (QED) is 0.694. The maximum absolute atomic E-state index is 11.9. The molecule has 0 radical (unpaired) electrons. The van der Waals surface area contributed by atoms with E-state index in [4.69, 9.17) is 0 Å². The Morgan fingerprint density at radius 3 is 2.77 bits per heavy atom. The van der Waals surface area contributed by atoms with Gasteiger partial charge in [-0.15, -0.1) is 6.58 Å². The van der Waals surface area contributed by atoms with Crippen LogP contribution in [0.1, 0.15) is 0 Å². The fourth-order valence-corrected chi connectivity index (χ4v) is 2.90. The highest BCUT2D eigenvalue weighted by molar-refractivity contribution is 5.95. The third-order valence-electron chi connectivity index (χ3n) is 4.21. The summed E-state index contributed by atoms with van der Waals surface area (Å²) in [5.41, 5.74) is 0.794. The van der Waals surface area contributed by atoms with E-state index >= 15 is 0 Å². The number of amides is 3. The van der Waals surface area contributed by atoms with Crippen molar-refractivity contribution in [3.63, 3.8) is 0 Å². The van der Waals surface area contributed by atoms with E-state index < -0.39 is 6.03 Å². The van der Waals surface area contributed by atoms with Crippen LogP contribution < -0.4 is 15.5 Å². The first-order valence-corrected chi connectivity index (χ1v) is 8.37. The minimum atomic E-state index is -0.506. The highest BCUT2D eigenvalue weighted by Crippen LogP contribution is 2.22. The first-order valence-electron chi connectivity index (χ1n) is 8.37. The molecule has 0 bridgehead atoms. The molecule has 3 amide bonds. The van der Waals surface area contributed by atoms with Gasteiger partial charge in [0, 0.05) is 39.8 Å².